The maximum atomic E-state index is 13.7. The van der Waals surface area contributed by atoms with E-state index in [1.165, 1.54) is 12.1 Å². The van der Waals surface area contributed by atoms with Crippen molar-refractivity contribution < 1.29 is 22.8 Å². The number of nitrogens with one attached hydrogen (secondary N) is 1. The number of hydrogen-bond donors (Lipinski definition) is 2. The Morgan fingerprint density at radius 2 is 1.55 bits per heavy atom. The van der Waals surface area contributed by atoms with Crippen LogP contribution in [0, 0.1) is 0 Å². The van der Waals surface area contributed by atoms with Gasteiger partial charge < -0.3 is 20.5 Å². The first-order valence-corrected chi connectivity index (χ1v) is 12.5. The molecule has 2 amide bonds. The highest BCUT2D eigenvalue weighted by molar-refractivity contribution is 6.02. The quantitative estimate of drug-likeness (QED) is 0.468. The van der Waals surface area contributed by atoms with Crippen molar-refractivity contribution >= 4 is 11.8 Å². The van der Waals surface area contributed by atoms with E-state index in [0.717, 1.165) is 49.4 Å². The van der Waals surface area contributed by atoms with Gasteiger partial charge in [-0.3, -0.25) is 14.5 Å². The minimum absolute atomic E-state index is 0.103. The normalized spacial score (nSPS) is 14.7. The zero-order valence-electron chi connectivity index (χ0n) is 21.5. The van der Waals surface area contributed by atoms with E-state index in [9.17, 15) is 22.8 Å². The number of amides is 2. The summed E-state index contributed by atoms with van der Waals surface area (Å²) < 4.78 is 39.2. The first-order chi connectivity index (χ1) is 18.0. The molecule has 1 aliphatic rings. The van der Waals surface area contributed by atoms with Gasteiger partial charge in [-0.25, -0.2) is 0 Å². The molecule has 202 valence electrons. The maximum Gasteiger partial charge on any atom is 0.416 e. The summed E-state index contributed by atoms with van der Waals surface area (Å²) in [6.07, 6.45) is -4.33. The minimum atomic E-state index is -4.43. The van der Waals surface area contributed by atoms with Crippen LogP contribution in [0.5, 0.6) is 0 Å². The van der Waals surface area contributed by atoms with Crippen molar-refractivity contribution in [2.24, 2.45) is 5.73 Å². The maximum absolute atomic E-state index is 13.7. The number of hydrogen-bond acceptors (Lipinski definition) is 4. The van der Waals surface area contributed by atoms with E-state index in [1.54, 1.807) is 30.3 Å². The number of primary amides is 1. The van der Waals surface area contributed by atoms with E-state index in [4.69, 9.17) is 5.73 Å². The number of nitrogens with two attached hydrogens (primary N) is 1. The molecular formula is C28H32F3N5O2. The fraction of sp³-hybridized carbons (Fsp3) is 0.357. The second-order valence-electron chi connectivity index (χ2n) is 9.82. The molecule has 0 atom stereocenters. The molecule has 3 aromatic rings. The summed E-state index contributed by atoms with van der Waals surface area (Å²) in [7, 11) is 4.06. The highest BCUT2D eigenvalue weighted by Crippen LogP contribution is 2.33. The van der Waals surface area contributed by atoms with Crippen molar-refractivity contribution in [1.82, 2.24) is 19.7 Å². The molecule has 1 aromatic heterocycles. The molecule has 1 aliphatic heterocycles. The standard InChI is InChI=1S/C28H32F3N5O2/c1-34(2)11-12-35-13-15-36(16-14-35)27(38)23-18-24(20-7-9-22(10-8-20)28(29,30)31)33-26(23)21-5-3-19(4-6-21)17-25(32)37/h3-10,18,33H,11-17H2,1-2H3,(H2,32,37). The highest BCUT2D eigenvalue weighted by Gasteiger charge is 2.30. The number of carbonyl (C=O) groups excluding carboxylic acids is 2. The van der Waals surface area contributed by atoms with E-state index in [0.29, 0.717) is 35.6 Å². The lowest BCUT2D eigenvalue weighted by Crippen LogP contribution is -2.50. The molecule has 7 nitrogen and oxygen atoms in total. The van der Waals surface area contributed by atoms with Gasteiger partial charge in [-0.2, -0.15) is 13.2 Å². The summed E-state index contributed by atoms with van der Waals surface area (Å²) >= 11 is 0. The SMILES string of the molecule is CN(C)CCN1CCN(C(=O)c2cc(-c3ccc(C(F)(F)F)cc3)[nH]c2-c2ccc(CC(N)=O)cc2)CC1. The molecule has 0 saturated carbocycles. The van der Waals surface area contributed by atoms with Gasteiger partial charge in [0.25, 0.3) is 5.91 Å². The lowest BCUT2D eigenvalue weighted by atomic mass is 10.0. The molecule has 0 radical (unpaired) electrons. The molecule has 4 rings (SSSR count). The molecule has 2 heterocycles. The molecule has 0 bridgehead atoms. The van der Waals surface area contributed by atoms with Gasteiger partial charge in [0.2, 0.25) is 5.91 Å². The Bertz CT molecular complexity index is 1260. The Labute approximate surface area is 220 Å². The van der Waals surface area contributed by atoms with E-state index in [-0.39, 0.29) is 12.3 Å². The van der Waals surface area contributed by atoms with E-state index in [1.807, 2.05) is 19.0 Å². The molecule has 0 aliphatic carbocycles. The fourth-order valence-corrected chi connectivity index (χ4v) is 4.52. The van der Waals surface area contributed by atoms with Crippen LogP contribution in [0.3, 0.4) is 0 Å². The second-order valence-corrected chi connectivity index (χ2v) is 9.82. The van der Waals surface area contributed by atoms with Crippen LogP contribution in [-0.4, -0.2) is 84.9 Å². The van der Waals surface area contributed by atoms with Crippen LogP contribution < -0.4 is 5.73 Å². The molecular weight excluding hydrogens is 495 g/mol. The van der Waals surface area contributed by atoms with Crippen molar-refractivity contribution in [2.45, 2.75) is 12.6 Å². The Kier molecular flexibility index (Phi) is 8.23. The van der Waals surface area contributed by atoms with Gasteiger partial charge in [-0.05, 0) is 49.0 Å². The summed E-state index contributed by atoms with van der Waals surface area (Å²) in [4.78, 5) is 34.5. The lowest BCUT2D eigenvalue weighted by molar-refractivity contribution is -0.137. The van der Waals surface area contributed by atoms with Gasteiger partial charge in [0, 0.05) is 45.0 Å². The largest absolute Gasteiger partial charge is 0.416 e. The average molecular weight is 528 g/mol. The summed E-state index contributed by atoms with van der Waals surface area (Å²) in [5.41, 5.74) is 8.14. The fourth-order valence-electron chi connectivity index (χ4n) is 4.52. The average Bonchev–Trinajstić information content (AvgIpc) is 3.32. The molecule has 38 heavy (non-hydrogen) atoms. The number of H-pyrrole nitrogens is 1. The topological polar surface area (TPSA) is 85.7 Å². The zero-order valence-corrected chi connectivity index (χ0v) is 21.5. The van der Waals surface area contributed by atoms with Gasteiger partial charge in [0.05, 0.1) is 23.2 Å². The monoisotopic (exact) mass is 527 g/mol. The molecule has 2 aromatic carbocycles. The van der Waals surface area contributed by atoms with Crippen molar-refractivity contribution in [3.63, 3.8) is 0 Å². The third kappa shape index (κ3) is 6.62. The predicted molar refractivity (Wildman–Crippen MR) is 140 cm³/mol. The number of benzene rings is 2. The van der Waals surface area contributed by atoms with Crippen LogP contribution in [0.15, 0.2) is 54.6 Å². The molecule has 3 N–H and O–H groups in total. The summed E-state index contributed by atoms with van der Waals surface area (Å²) in [5, 5.41) is 0. The first kappa shape index (κ1) is 27.4. The Morgan fingerprint density at radius 3 is 2.11 bits per heavy atom. The molecule has 1 fully saturated rings. The van der Waals surface area contributed by atoms with Crippen molar-refractivity contribution in [1.29, 1.82) is 0 Å². The number of nitrogens with zero attached hydrogens (tertiary/aromatic N) is 3. The van der Waals surface area contributed by atoms with Crippen LogP contribution in [0.4, 0.5) is 13.2 Å². The molecule has 0 unspecified atom stereocenters. The van der Waals surface area contributed by atoms with E-state index >= 15 is 0 Å². The van der Waals surface area contributed by atoms with Crippen LogP contribution in [0.2, 0.25) is 0 Å². The third-order valence-corrected chi connectivity index (χ3v) is 6.72. The number of carbonyl (C=O) groups is 2. The number of halogens is 3. The lowest BCUT2D eigenvalue weighted by Gasteiger charge is -2.35. The van der Waals surface area contributed by atoms with Crippen LogP contribution >= 0.6 is 0 Å². The van der Waals surface area contributed by atoms with Gasteiger partial charge >= 0.3 is 6.18 Å². The molecule has 0 spiro atoms. The first-order valence-electron chi connectivity index (χ1n) is 12.5. The molecule has 10 heteroatoms. The van der Waals surface area contributed by atoms with Crippen molar-refractivity contribution in [2.75, 3.05) is 53.4 Å². The third-order valence-electron chi connectivity index (χ3n) is 6.72. The summed E-state index contributed by atoms with van der Waals surface area (Å²) in [6.45, 7) is 4.59. The smallest absolute Gasteiger partial charge is 0.369 e. The summed E-state index contributed by atoms with van der Waals surface area (Å²) in [6, 6.07) is 13.7. The Morgan fingerprint density at radius 1 is 0.947 bits per heavy atom. The van der Waals surface area contributed by atoms with Crippen molar-refractivity contribution in [3.8, 4) is 22.5 Å². The zero-order chi connectivity index (χ0) is 27.4. The number of alkyl halides is 3. The number of aromatic amines is 1. The second kappa shape index (κ2) is 11.4. The Hall–Kier alpha value is -3.63. The number of piperazine rings is 1. The highest BCUT2D eigenvalue weighted by atomic mass is 19.4. The number of likely N-dealkylation sites (N-methyl/N-ethyl adjacent to an activating group) is 1. The van der Waals surface area contributed by atoms with E-state index in [2.05, 4.69) is 14.8 Å². The van der Waals surface area contributed by atoms with Crippen LogP contribution in [-0.2, 0) is 17.4 Å². The number of rotatable bonds is 8. The van der Waals surface area contributed by atoms with Crippen LogP contribution in [0.1, 0.15) is 21.5 Å². The van der Waals surface area contributed by atoms with E-state index < -0.39 is 17.6 Å². The van der Waals surface area contributed by atoms with Gasteiger partial charge in [0.15, 0.2) is 0 Å². The predicted octanol–water partition coefficient (Wildman–Crippen LogP) is 3.71. The molecule has 1 saturated heterocycles. The van der Waals surface area contributed by atoms with Gasteiger partial charge in [-0.1, -0.05) is 36.4 Å². The Balaban J connectivity index is 1.62. The van der Waals surface area contributed by atoms with Crippen LogP contribution in [0.25, 0.3) is 22.5 Å². The van der Waals surface area contributed by atoms with Gasteiger partial charge in [-0.15, -0.1) is 0 Å². The van der Waals surface area contributed by atoms with Gasteiger partial charge in [0.1, 0.15) is 0 Å². The summed E-state index contributed by atoms with van der Waals surface area (Å²) in [5.74, 6) is -0.578. The number of aromatic nitrogens is 1. The van der Waals surface area contributed by atoms with Crippen molar-refractivity contribution in [3.05, 3.63) is 71.3 Å². The minimum Gasteiger partial charge on any atom is -0.369 e.